The molecule has 0 fully saturated rings. The van der Waals surface area contributed by atoms with Crippen molar-refractivity contribution in [2.24, 2.45) is 5.92 Å². The molecule has 4 aromatic rings. The zero-order chi connectivity index (χ0) is 25.2. The highest BCUT2D eigenvalue weighted by Crippen LogP contribution is 2.46. The van der Waals surface area contributed by atoms with Crippen molar-refractivity contribution in [3.05, 3.63) is 94.3 Å². The normalized spacial score (nSPS) is 16.4. The van der Waals surface area contributed by atoms with E-state index in [1.54, 1.807) is 43.5 Å². The van der Waals surface area contributed by atoms with Gasteiger partial charge in [-0.05, 0) is 47.9 Å². The first-order valence-corrected chi connectivity index (χ1v) is 11.8. The zero-order valence-corrected chi connectivity index (χ0v) is 20.3. The van der Waals surface area contributed by atoms with Gasteiger partial charge in [-0.3, -0.25) is 4.79 Å². The number of anilines is 1. The molecule has 1 aromatic heterocycles. The van der Waals surface area contributed by atoms with Gasteiger partial charge in [-0.15, -0.1) is 0 Å². The van der Waals surface area contributed by atoms with E-state index in [0.717, 1.165) is 0 Å². The smallest absolute Gasteiger partial charge is 0.344 e. The van der Waals surface area contributed by atoms with E-state index in [1.807, 2.05) is 36.4 Å². The Hall–Kier alpha value is -4.26. The minimum Gasteiger partial charge on any atom is -0.493 e. The predicted octanol–water partition coefficient (Wildman–Crippen LogP) is 5.37. The molecule has 0 saturated heterocycles. The van der Waals surface area contributed by atoms with Gasteiger partial charge in [-0.1, -0.05) is 50.2 Å². The van der Waals surface area contributed by atoms with E-state index in [4.69, 9.17) is 18.6 Å². The Labute approximate surface area is 208 Å². The van der Waals surface area contributed by atoms with Crippen LogP contribution in [0.2, 0.25) is 0 Å². The summed E-state index contributed by atoms with van der Waals surface area (Å²) in [4.78, 5) is 26.7. The van der Waals surface area contributed by atoms with Gasteiger partial charge in [0.1, 0.15) is 11.3 Å². The number of para-hydroxylation sites is 2. The van der Waals surface area contributed by atoms with Gasteiger partial charge in [0.15, 0.2) is 17.6 Å². The highest BCUT2D eigenvalue weighted by Gasteiger charge is 2.44. The number of ether oxygens (including phenoxy) is 3. The number of hydrogen-bond donors (Lipinski definition) is 1. The number of benzene rings is 3. The van der Waals surface area contributed by atoms with Gasteiger partial charge in [0.2, 0.25) is 0 Å². The van der Waals surface area contributed by atoms with Crippen LogP contribution in [0, 0.1) is 5.92 Å². The lowest BCUT2D eigenvalue weighted by molar-refractivity contribution is -0.122. The molecule has 0 aliphatic carbocycles. The fraction of sp³-hybridized carbons (Fsp3) is 0.241. The molecule has 0 radical (unpaired) electrons. The third kappa shape index (κ3) is 4.40. The number of hydrogen-bond acceptors (Lipinski definition) is 6. The van der Waals surface area contributed by atoms with Crippen molar-refractivity contribution in [2.75, 3.05) is 19.0 Å². The van der Waals surface area contributed by atoms with Crippen LogP contribution in [0.5, 0.6) is 17.2 Å². The Balaban J connectivity index is 1.61. The Morgan fingerprint density at radius 3 is 2.50 bits per heavy atom. The van der Waals surface area contributed by atoms with Crippen molar-refractivity contribution in [1.29, 1.82) is 0 Å². The monoisotopic (exact) mass is 485 g/mol. The fourth-order valence-electron chi connectivity index (χ4n) is 4.41. The number of methoxy groups -OCH3 is 1. The maximum Gasteiger partial charge on any atom is 0.344 e. The second-order valence-corrected chi connectivity index (χ2v) is 9.12. The molecule has 0 spiro atoms. The summed E-state index contributed by atoms with van der Waals surface area (Å²) < 4.78 is 23.4. The SMILES string of the molecule is COc1cc(C2c3c(c4ccccc4oc3=O)OC2C(=O)Nc2ccccc2)ccc1OCC(C)C. The average molecular weight is 486 g/mol. The van der Waals surface area contributed by atoms with Crippen LogP contribution in [0.15, 0.2) is 82.0 Å². The topological polar surface area (TPSA) is 87.0 Å². The third-order valence-corrected chi connectivity index (χ3v) is 6.08. The van der Waals surface area contributed by atoms with Gasteiger partial charge in [-0.25, -0.2) is 4.79 Å². The lowest BCUT2D eigenvalue weighted by Gasteiger charge is -2.20. The molecule has 36 heavy (non-hydrogen) atoms. The molecular weight excluding hydrogens is 458 g/mol. The molecule has 0 saturated carbocycles. The van der Waals surface area contributed by atoms with E-state index in [2.05, 4.69) is 19.2 Å². The molecule has 3 aromatic carbocycles. The average Bonchev–Trinajstić information content (AvgIpc) is 3.30. The van der Waals surface area contributed by atoms with Crippen LogP contribution in [0.1, 0.15) is 30.9 Å². The quantitative estimate of drug-likeness (QED) is 0.354. The van der Waals surface area contributed by atoms with Gasteiger partial charge >= 0.3 is 5.63 Å². The van der Waals surface area contributed by atoms with E-state index < -0.39 is 17.6 Å². The number of carbonyl (C=O) groups excluding carboxylic acids is 1. The van der Waals surface area contributed by atoms with Crippen molar-refractivity contribution < 1.29 is 23.4 Å². The molecule has 0 bridgehead atoms. The molecule has 7 nitrogen and oxygen atoms in total. The Morgan fingerprint density at radius 2 is 1.75 bits per heavy atom. The van der Waals surface area contributed by atoms with Crippen LogP contribution in [0.4, 0.5) is 5.69 Å². The van der Waals surface area contributed by atoms with E-state index in [1.165, 1.54) is 0 Å². The van der Waals surface area contributed by atoms with E-state index in [0.29, 0.717) is 57.6 Å². The van der Waals surface area contributed by atoms with Gasteiger partial charge < -0.3 is 23.9 Å². The summed E-state index contributed by atoms with van der Waals surface area (Å²) in [6.45, 7) is 4.66. The van der Waals surface area contributed by atoms with Crippen LogP contribution >= 0.6 is 0 Å². The second kappa shape index (κ2) is 9.77. The van der Waals surface area contributed by atoms with E-state index in [9.17, 15) is 9.59 Å². The van der Waals surface area contributed by atoms with Gasteiger partial charge in [0, 0.05) is 5.69 Å². The van der Waals surface area contributed by atoms with Crippen molar-refractivity contribution in [2.45, 2.75) is 25.9 Å². The Bertz CT molecular complexity index is 1460. The van der Waals surface area contributed by atoms with Crippen molar-refractivity contribution in [1.82, 2.24) is 0 Å². The second-order valence-electron chi connectivity index (χ2n) is 9.12. The highest BCUT2D eigenvalue weighted by atomic mass is 16.5. The summed E-state index contributed by atoms with van der Waals surface area (Å²) in [5, 5.41) is 3.54. The Morgan fingerprint density at radius 1 is 1.00 bits per heavy atom. The summed E-state index contributed by atoms with van der Waals surface area (Å²) in [6, 6.07) is 21.7. The fourth-order valence-corrected chi connectivity index (χ4v) is 4.41. The number of amides is 1. The van der Waals surface area contributed by atoms with Crippen molar-refractivity contribution in [3.63, 3.8) is 0 Å². The van der Waals surface area contributed by atoms with Crippen molar-refractivity contribution in [3.8, 4) is 17.2 Å². The molecule has 184 valence electrons. The first kappa shape index (κ1) is 23.5. The summed E-state index contributed by atoms with van der Waals surface area (Å²) >= 11 is 0. The van der Waals surface area contributed by atoms with Crippen molar-refractivity contribution >= 4 is 22.6 Å². The maximum absolute atomic E-state index is 13.5. The molecule has 2 unspecified atom stereocenters. The number of fused-ring (bicyclic) bond motifs is 3. The molecule has 2 heterocycles. The molecule has 5 rings (SSSR count). The summed E-state index contributed by atoms with van der Waals surface area (Å²) in [6.07, 6.45) is -0.999. The summed E-state index contributed by atoms with van der Waals surface area (Å²) in [7, 11) is 1.56. The molecule has 1 aliphatic rings. The largest absolute Gasteiger partial charge is 0.493 e. The number of rotatable bonds is 7. The first-order valence-electron chi connectivity index (χ1n) is 11.8. The zero-order valence-electron chi connectivity index (χ0n) is 20.3. The standard InChI is InChI=1S/C29H27NO6/c1-17(2)16-34-22-14-13-18(15-23(22)33-3)24-25-26(20-11-7-8-12-21(20)35-29(25)32)36-27(24)28(31)30-19-9-5-4-6-10-19/h4-15,17,24,27H,16H2,1-3H3,(H,30,31). The molecule has 1 amide bonds. The van der Waals surface area contributed by atoms with E-state index >= 15 is 0 Å². The number of nitrogens with one attached hydrogen (secondary N) is 1. The number of carbonyl (C=O) groups is 1. The molecule has 2 atom stereocenters. The van der Waals surface area contributed by atoms with Gasteiger partial charge in [0.05, 0.1) is 30.6 Å². The van der Waals surface area contributed by atoms with Gasteiger partial charge in [-0.2, -0.15) is 0 Å². The molecule has 1 N–H and O–H groups in total. The molecular formula is C29H27NO6. The minimum absolute atomic E-state index is 0.305. The Kier molecular flexibility index (Phi) is 6.38. The van der Waals surface area contributed by atoms with E-state index in [-0.39, 0.29) is 5.91 Å². The predicted molar refractivity (Wildman–Crippen MR) is 137 cm³/mol. The molecule has 1 aliphatic heterocycles. The summed E-state index contributed by atoms with van der Waals surface area (Å²) in [5.41, 5.74) is 1.48. The highest BCUT2D eigenvalue weighted by molar-refractivity contribution is 5.97. The third-order valence-electron chi connectivity index (χ3n) is 6.08. The van der Waals surface area contributed by atoms with Crippen LogP contribution in [0.3, 0.4) is 0 Å². The maximum atomic E-state index is 13.5. The van der Waals surface area contributed by atoms with Crippen LogP contribution in [0.25, 0.3) is 11.0 Å². The lowest BCUT2D eigenvalue weighted by atomic mass is 9.88. The van der Waals surface area contributed by atoms with Crippen LogP contribution < -0.4 is 25.2 Å². The van der Waals surface area contributed by atoms with Crippen LogP contribution in [-0.4, -0.2) is 25.7 Å². The van der Waals surface area contributed by atoms with Crippen LogP contribution in [-0.2, 0) is 4.79 Å². The minimum atomic E-state index is -0.999. The van der Waals surface area contributed by atoms with Gasteiger partial charge in [0.25, 0.3) is 5.91 Å². The lowest BCUT2D eigenvalue weighted by Crippen LogP contribution is -2.35. The summed E-state index contributed by atoms with van der Waals surface area (Å²) in [5.74, 6) is 0.717. The molecule has 7 heteroatoms. The first-order chi connectivity index (χ1) is 17.5.